The van der Waals surface area contributed by atoms with Gasteiger partial charge in [-0.15, -0.1) is 0 Å². The zero-order chi connectivity index (χ0) is 15.9. The summed E-state index contributed by atoms with van der Waals surface area (Å²) in [5.41, 5.74) is 0.882. The molecule has 7 heteroatoms. The molecule has 0 bridgehead atoms. The molecule has 0 fully saturated rings. The van der Waals surface area contributed by atoms with E-state index in [9.17, 15) is 18.0 Å². The van der Waals surface area contributed by atoms with Crippen molar-refractivity contribution in [3.05, 3.63) is 29.8 Å². The number of benzene rings is 1. The number of para-hydroxylation sites is 1. The van der Waals surface area contributed by atoms with Crippen LogP contribution in [0.2, 0.25) is 0 Å². The number of hydrogen-bond acceptors (Lipinski definition) is 3. The molecule has 0 unspecified atom stereocenters. The molecule has 0 heterocycles. The molecule has 0 aliphatic rings. The molecule has 1 amide bonds. The summed E-state index contributed by atoms with van der Waals surface area (Å²) in [5, 5.41) is 8.73. The summed E-state index contributed by atoms with van der Waals surface area (Å²) in [6.07, 6.45) is -4.66. The lowest BCUT2D eigenvalue weighted by molar-refractivity contribution is -0.162. The van der Waals surface area contributed by atoms with E-state index in [2.05, 4.69) is 0 Å². The minimum atomic E-state index is -4.48. The molecule has 1 N–H and O–H groups in total. The lowest BCUT2D eigenvalue weighted by Crippen LogP contribution is -2.41. The van der Waals surface area contributed by atoms with Gasteiger partial charge in [0.2, 0.25) is 5.91 Å². The molecular weight excluding hydrogens is 287 g/mol. The van der Waals surface area contributed by atoms with E-state index in [0.29, 0.717) is 10.6 Å². The first-order valence-corrected chi connectivity index (χ1v) is 6.47. The van der Waals surface area contributed by atoms with E-state index in [1.807, 2.05) is 19.1 Å². The fraction of sp³-hybridized carbons (Fsp3) is 0.500. The molecule has 118 valence electrons. The minimum Gasteiger partial charge on any atom is -0.493 e. The van der Waals surface area contributed by atoms with E-state index in [-0.39, 0.29) is 19.6 Å². The van der Waals surface area contributed by atoms with Crippen molar-refractivity contribution in [2.24, 2.45) is 0 Å². The summed E-state index contributed by atoms with van der Waals surface area (Å²) in [4.78, 5) is 12.3. The van der Waals surface area contributed by atoms with Crippen molar-refractivity contribution in [3.8, 4) is 5.75 Å². The Balaban J connectivity index is 2.48. The van der Waals surface area contributed by atoms with Crippen LogP contribution in [-0.2, 0) is 4.79 Å². The van der Waals surface area contributed by atoms with E-state index >= 15 is 0 Å². The number of ether oxygens (including phenoxy) is 1. The monoisotopic (exact) mass is 305 g/mol. The first-order chi connectivity index (χ1) is 9.83. The molecule has 1 aromatic carbocycles. The quantitative estimate of drug-likeness (QED) is 0.840. The van der Waals surface area contributed by atoms with Gasteiger partial charge in [-0.05, 0) is 18.6 Å². The van der Waals surface area contributed by atoms with E-state index in [4.69, 9.17) is 9.84 Å². The molecule has 1 aromatic rings. The smallest absolute Gasteiger partial charge is 0.406 e. The Kier molecular flexibility index (Phi) is 6.48. The lowest BCUT2D eigenvalue weighted by atomic mass is 10.2. The van der Waals surface area contributed by atoms with Crippen LogP contribution in [0.3, 0.4) is 0 Å². The van der Waals surface area contributed by atoms with Crippen LogP contribution in [0.15, 0.2) is 24.3 Å². The van der Waals surface area contributed by atoms with Gasteiger partial charge >= 0.3 is 6.18 Å². The molecule has 0 aliphatic carbocycles. The number of amides is 1. The van der Waals surface area contributed by atoms with Gasteiger partial charge in [0, 0.05) is 6.54 Å². The Morgan fingerprint density at radius 1 is 1.33 bits per heavy atom. The van der Waals surface area contributed by atoms with Gasteiger partial charge < -0.3 is 14.7 Å². The summed E-state index contributed by atoms with van der Waals surface area (Å²) < 4.78 is 42.3. The Morgan fingerprint density at radius 3 is 2.57 bits per heavy atom. The van der Waals surface area contributed by atoms with E-state index in [1.54, 1.807) is 12.1 Å². The summed E-state index contributed by atoms with van der Waals surface area (Å²) in [5.74, 6) is -0.107. The number of rotatable bonds is 7. The van der Waals surface area contributed by atoms with Crippen LogP contribution in [0, 0.1) is 6.92 Å². The number of carbonyl (C=O) groups excluding carboxylic acids is 1. The third-order valence-corrected chi connectivity index (χ3v) is 2.76. The molecular formula is C14H18F3NO3. The molecule has 1 rings (SSSR count). The zero-order valence-corrected chi connectivity index (χ0v) is 11.7. The van der Waals surface area contributed by atoms with Crippen molar-refractivity contribution in [1.29, 1.82) is 0 Å². The fourth-order valence-corrected chi connectivity index (χ4v) is 1.75. The molecule has 4 nitrogen and oxygen atoms in total. The van der Waals surface area contributed by atoms with Crippen LogP contribution in [0.1, 0.15) is 12.0 Å². The van der Waals surface area contributed by atoms with Gasteiger partial charge in [0.1, 0.15) is 12.3 Å². The van der Waals surface area contributed by atoms with Gasteiger partial charge in [-0.2, -0.15) is 13.2 Å². The van der Waals surface area contributed by atoms with Crippen LogP contribution in [0.25, 0.3) is 0 Å². The Bertz CT molecular complexity index is 463. The van der Waals surface area contributed by atoms with E-state index < -0.39 is 25.2 Å². The van der Waals surface area contributed by atoms with Crippen molar-refractivity contribution in [2.75, 3.05) is 26.3 Å². The number of aliphatic hydroxyl groups is 1. The summed E-state index contributed by atoms with van der Waals surface area (Å²) in [6.45, 7) is -0.401. The second-order valence-corrected chi connectivity index (χ2v) is 4.52. The Hall–Kier alpha value is -1.76. The molecule has 0 aliphatic heterocycles. The average Bonchev–Trinajstić information content (AvgIpc) is 2.39. The summed E-state index contributed by atoms with van der Waals surface area (Å²) in [7, 11) is 0. The van der Waals surface area contributed by atoms with Crippen molar-refractivity contribution < 1.29 is 27.8 Å². The molecule has 0 aromatic heterocycles. The van der Waals surface area contributed by atoms with Crippen LogP contribution in [0.4, 0.5) is 13.2 Å². The maximum atomic E-state index is 12.3. The van der Waals surface area contributed by atoms with Crippen LogP contribution in [0.5, 0.6) is 5.75 Å². The molecule has 21 heavy (non-hydrogen) atoms. The third kappa shape index (κ3) is 6.48. The molecule has 0 radical (unpaired) electrons. The highest BCUT2D eigenvalue weighted by Crippen LogP contribution is 2.18. The lowest BCUT2D eigenvalue weighted by Gasteiger charge is -2.23. The SMILES string of the molecule is Cc1ccccc1OCCC(=O)N(CCO)CC(F)(F)F. The number of aliphatic hydroxyl groups excluding tert-OH is 1. The largest absolute Gasteiger partial charge is 0.493 e. The third-order valence-electron chi connectivity index (χ3n) is 2.76. The maximum Gasteiger partial charge on any atom is 0.406 e. The Morgan fingerprint density at radius 2 is 2.00 bits per heavy atom. The molecule has 0 saturated carbocycles. The van der Waals surface area contributed by atoms with Crippen molar-refractivity contribution >= 4 is 5.91 Å². The topological polar surface area (TPSA) is 49.8 Å². The first-order valence-electron chi connectivity index (χ1n) is 6.47. The van der Waals surface area contributed by atoms with Crippen LogP contribution in [-0.4, -0.2) is 48.4 Å². The summed E-state index contributed by atoms with van der Waals surface area (Å²) >= 11 is 0. The number of halogens is 3. The van der Waals surface area contributed by atoms with Gasteiger partial charge in [0.05, 0.1) is 19.6 Å². The molecule has 0 atom stereocenters. The predicted octanol–water partition coefficient (Wildman–Crippen LogP) is 2.15. The number of hydrogen-bond donors (Lipinski definition) is 1. The fourth-order valence-electron chi connectivity index (χ4n) is 1.75. The highest BCUT2D eigenvalue weighted by atomic mass is 19.4. The second kappa shape index (κ2) is 7.87. The second-order valence-electron chi connectivity index (χ2n) is 4.52. The van der Waals surface area contributed by atoms with Gasteiger partial charge in [-0.1, -0.05) is 18.2 Å². The molecule has 0 saturated heterocycles. The van der Waals surface area contributed by atoms with Gasteiger partial charge in [0.15, 0.2) is 0 Å². The first kappa shape index (κ1) is 17.3. The van der Waals surface area contributed by atoms with Gasteiger partial charge in [-0.3, -0.25) is 4.79 Å². The normalized spacial score (nSPS) is 11.3. The standard InChI is InChI=1S/C14H18F3NO3/c1-11-4-2-3-5-12(11)21-9-6-13(20)18(7-8-19)10-14(15,16)17/h2-5,19H,6-10H2,1H3. The van der Waals surface area contributed by atoms with Gasteiger partial charge in [-0.25, -0.2) is 0 Å². The minimum absolute atomic E-state index is 0.0104. The highest BCUT2D eigenvalue weighted by molar-refractivity contribution is 5.76. The Labute approximate surface area is 121 Å². The van der Waals surface area contributed by atoms with Crippen LogP contribution < -0.4 is 4.74 Å². The van der Waals surface area contributed by atoms with Gasteiger partial charge in [0.25, 0.3) is 0 Å². The molecule has 0 spiro atoms. The number of aryl methyl sites for hydroxylation is 1. The number of carbonyl (C=O) groups is 1. The van der Waals surface area contributed by atoms with E-state index in [0.717, 1.165) is 5.56 Å². The maximum absolute atomic E-state index is 12.3. The summed E-state index contributed by atoms with van der Waals surface area (Å²) in [6, 6.07) is 7.16. The van der Waals surface area contributed by atoms with Crippen molar-refractivity contribution in [3.63, 3.8) is 0 Å². The van der Waals surface area contributed by atoms with Crippen LogP contribution >= 0.6 is 0 Å². The predicted molar refractivity (Wildman–Crippen MR) is 71.0 cm³/mol. The van der Waals surface area contributed by atoms with E-state index in [1.165, 1.54) is 0 Å². The van der Waals surface area contributed by atoms with Crippen molar-refractivity contribution in [1.82, 2.24) is 4.90 Å². The number of alkyl halides is 3. The van der Waals surface area contributed by atoms with Crippen molar-refractivity contribution in [2.45, 2.75) is 19.5 Å². The average molecular weight is 305 g/mol. The number of nitrogens with zero attached hydrogens (tertiary/aromatic N) is 1. The highest BCUT2D eigenvalue weighted by Gasteiger charge is 2.32. The zero-order valence-electron chi connectivity index (χ0n) is 11.7.